The molecule has 3 N–H and O–H groups in total. The number of amides is 1. The predicted octanol–water partition coefficient (Wildman–Crippen LogP) is 2.62. The lowest BCUT2D eigenvalue weighted by Gasteiger charge is -2.34. The Labute approximate surface area is 189 Å². The van der Waals surface area contributed by atoms with E-state index in [0.29, 0.717) is 24.1 Å². The van der Waals surface area contributed by atoms with Crippen molar-refractivity contribution in [2.24, 2.45) is 16.6 Å². The molecule has 2 aromatic rings. The number of ether oxygens (including phenoxy) is 1. The molecule has 1 saturated heterocycles. The van der Waals surface area contributed by atoms with Gasteiger partial charge in [-0.05, 0) is 55.9 Å². The topological polar surface area (TPSA) is 119 Å². The second kappa shape index (κ2) is 12.1. The van der Waals surface area contributed by atoms with E-state index >= 15 is 0 Å². The summed E-state index contributed by atoms with van der Waals surface area (Å²) in [4.78, 5) is 22.4. The van der Waals surface area contributed by atoms with Gasteiger partial charge < -0.3 is 25.2 Å². The maximum atomic E-state index is 11.2. The molecule has 0 bridgehead atoms. The number of nitrogens with two attached hydrogens (primary N) is 1. The third-order valence-corrected chi connectivity index (χ3v) is 5.69. The number of hydrogen-bond acceptors (Lipinski definition) is 6. The van der Waals surface area contributed by atoms with Gasteiger partial charge in [-0.3, -0.25) is 9.79 Å². The Morgan fingerprint density at radius 3 is 2.84 bits per heavy atom. The molecule has 1 aromatic heterocycles. The van der Waals surface area contributed by atoms with Crippen LogP contribution in [0, 0.1) is 5.92 Å². The number of aryl methyl sites for hydroxylation is 1. The first-order chi connectivity index (χ1) is 15.6. The molecule has 1 atom stereocenters. The number of carbonyl (C=O) groups excluding carboxylic acids is 1. The zero-order valence-electron chi connectivity index (χ0n) is 19.0. The van der Waals surface area contributed by atoms with E-state index in [-0.39, 0.29) is 5.91 Å². The molecule has 1 amide bonds. The Hall–Kier alpha value is -3.10. The third kappa shape index (κ3) is 6.96. The molecule has 0 aliphatic carbocycles. The molecule has 0 radical (unpaired) electrons. The van der Waals surface area contributed by atoms with Gasteiger partial charge >= 0.3 is 0 Å². The van der Waals surface area contributed by atoms with Crippen LogP contribution in [0.15, 0.2) is 33.8 Å². The van der Waals surface area contributed by atoms with Crippen molar-refractivity contribution in [3.8, 4) is 17.1 Å². The van der Waals surface area contributed by atoms with Crippen LogP contribution in [-0.4, -0.2) is 60.7 Å². The molecule has 0 spiro atoms. The van der Waals surface area contributed by atoms with Gasteiger partial charge in [0.25, 0.3) is 0 Å². The first kappa shape index (κ1) is 23.6. The summed E-state index contributed by atoms with van der Waals surface area (Å²) in [5, 5.41) is 7.52. The number of hydrogen-bond donors (Lipinski definition) is 2. The summed E-state index contributed by atoms with van der Waals surface area (Å²) in [6, 6.07) is 7.61. The summed E-state index contributed by atoms with van der Waals surface area (Å²) in [7, 11) is 3.44. The van der Waals surface area contributed by atoms with E-state index in [0.717, 1.165) is 75.4 Å². The summed E-state index contributed by atoms with van der Waals surface area (Å²) in [5.41, 5.74) is 6.27. The molecular formula is C23H34N6O3. The van der Waals surface area contributed by atoms with Crippen LogP contribution in [-0.2, 0) is 11.2 Å². The van der Waals surface area contributed by atoms with Gasteiger partial charge in [0.05, 0.1) is 7.11 Å². The van der Waals surface area contributed by atoms with E-state index in [1.165, 1.54) is 0 Å². The highest BCUT2D eigenvalue weighted by Crippen LogP contribution is 2.21. The Morgan fingerprint density at radius 1 is 1.31 bits per heavy atom. The molecule has 32 heavy (non-hydrogen) atoms. The zero-order valence-corrected chi connectivity index (χ0v) is 19.0. The molecule has 9 heteroatoms. The van der Waals surface area contributed by atoms with E-state index in [1.54, 1.807) is 14.2 Å². The number of benzene rings is 1. The first-order valence-corrected chi connectivity index (χ1v) is 11.3. The van der Waals surface area contributed by atoms with Crippen LogP contribution in [0.2, 0.25) is 0 Å². The van der Waals surface area contributed by atoms with Gasteiger partial charge in [-0.25, -0.2) is 0 Å². The summed E-state index contributed by atoms with van der Waals surface area (Å²) in [6.45, 7) is 2.64. The number of likely N-dealkylation sites (tertiary alicyclic amines) is 1. The number of nitrogens with one attached hydrogen (secondary N) is 1. The fourth-order valence-corrected chi connectivity index (χ4v) is 4.03. The normalized spacial score (nSPS) is 16.8. The van der Waals surface area contributed by atoms with Gasteiger partial charge in [0.2, 0.25) is 17.6 Å². The lowest BCUT2D eigenvalue weighted by molar-refractivity contribution is -0.119. The number of nitrogens with zero attached hydrogens (tertiary/aromatic N) is 4. The molecule has 0 saturated carbocycles. The molecule has 1 unspecified atom stereocenters. The van der Waals surface area contributed by atoms with E-state index in [1.807, 2.05) is 24.3 Å². The van der Waals surface area contributed by atoms with E-state index < -0.39 is 0 Å². The average molecular weight is 443 g/mol. The Balaban J connectivity index is 1.35. The highest BCUT2D eigenvalue weighted by atomic mass is 16.5. The van der Waals surface area contributed by atoms with Gasteiger partial charge in [0.15, 0.2) is 5.96 Å². The fraction of sp³-hybridized carbons (Fsp3) is 0.565. The molecule has 174 valence electrons. The third-order valence-electron chi connectivity index (χ3n) is 5.69. The number of guanidine groups is 1. The SMILES string of the molecule is CN=C(NCCCCCc1nc(-c2ccc(OC)cc2)no1)N1CCCC(CC(N)=O)C1. The first-order valence-electron chi connectivity index (χ1n) is 11.3. The van der Waals surface area contributed by atoms with Crippen LogP contribution in [0.25, 0.3) is 11.4 Å². The minimum atomic E-state index is -0.225. The molecule has 3 rings (SSSR count). The highest BCUT2D eigenvalue weighted by molar-refractivity contribution is 5.80. The molecule has 1 aliphatic rings. The molecule has 1 aromatic carbocycles. The van der Waals surface area contributed by atoms with Crippen molar-refractivity contribution < 1.29 is 14.1 Å². The maximum absolute atomic E-state index is 11.2. The van der Waals surface area contributed by atoms with Gasteiger partial charge in [-0.1, -0.05) is 11.6 Å². The fourth-order valence-electron chi connectivity index (χ4n) is 4.03. The number of primary amides is 1. The summed E-state index contributed by atoms with van der Waals surface area (Å²) in [5.74, 6) is 3.06. The molecule has 1 fully saturated rings. The van der Waals surface area contributed by atoms with Crippen molar-refractivity contribution in [2.75, 3.05) is 33.8 Å². The number of piperidine rings is 1. The predicted molar refractivity (Wildman–Crippen MR) is 123 cm³/mol. The Kier molecular flexibility index (Phi) is 8.89. The summed E-state index contributed by atoms with van der Waals surface area (Å²) in [6.07, 6.45) is 6.37. The summed E-state index contributed by atoms with van der Waals surface area (Å²) < 4.78 is 10.6. The molecule has 1 aliphatic heterocycles. The van der Waals surface area contributed by atoms with Crippen molar-refractivity contribution in [2.45, 2.75) is 44.9 Å². The van der Waals surface area contributed by atoms with E-state index in [2.05, 4.69) is 25.3 Å². The number of methoxy groups -OCH3 is 1. The van der Waals surface area contributed by atoms with Crippen molar-refractivity contribution >= 4 is 11.9 Å². The van der Waals surface area contributed by atoms with Crippen LogP contribution >= 0.6 is 0 Å². The molecular weight excluding hydrogens is 408 g/mol. The van der Waals surface area contributed by atoms with E-state index in [4.69, 9.17) is 15.0 Å². The monoisotopic (exact) mass is 442 g/mol. The second-order valence-corrected chi connectivity index (χ2v) is 8.15. The molecule has 9 nitrogen and oxygen atoms in total. The van der Waals surface area contributed by atoms with Crippen LogP contribution in [0.3, 0.4) is 0 Å². The maximum Gasteiger partial charge on any atom is 0.226 e. The lowest BCUT2D eigenvalue weighted by Crippen LogP contribution is -2.47. The number of carbonyl (C=O) groups is 1. The van der Waals surface area contributed by atoms with Gasteiger partial charge in [0, 0.05) is 45.1 Å². The summed E-state index contributed by atoms with van der Waals surface area (Å²) >= 11 is 0. The number of aromatic nitrogens is 2. The van der Waals surface area contributed by atoms with Crippen molar-refractivity contribution in [1.82, 2.24) is 20.4 Å². The highest BCUT2D eigenvalue weighted by Gasteiger charge is 2.23. The Morgan fingerprint density at radius 2 is 2.12 bits per heavy atom. The average Bonchev–Trinajstić information content (AvgIpc) is 3.27. The van der Waals surface area contributed by atoms with Crippen molar-refractivity contribution in [3.63, 3.8) is 0 Å². The van der Waals surface area contributed by atoms with Crippen LogP contribution in [0.4, 0.5) is 0 Å². The van der Waals surface area contributed by atoms with Gasteiger partial charge in [0.1, 0.15) is 5.75 Å². The zero-order chi connectivity index (χ0) is 22.8. The number of rotatable bonds is 10. The van der Waals surface area contributed by atoms with Crippen LogP contribution in [0.1, 0.15) is 44.4 Å². The largest absolute Gasteiger partial charge is 0.497 e. The van der Waals surface area contributed by atoms with Gasteiger partial charge in [-0.15, -0.1) is 0 Å². The Bertz CT molecular complexity index is 880. The number of unbranched alkanes of at least 4 members (excludes halogenated alkanes) is 2. The standard InChI is InChI=1S/C23H34N6O3/c1-25-23(29-14-6-7-17(16-29)15-20(24)30)26-13-5-3-4-8-21-27-22(28-32-21)18-9-11-19(31-2)12-10-18/h9-12,17H,3-8,13-16H2,1-2H3,(H2,24,30)(H,25,26). The van der Waals surface area contributed by atoms with Crippen molar-refractivity contribution in [3.05, 3.63) is 30.2 Å². The smallest absolute Gasteiger partial charge is 0.226 e. The van der Waals surface area contributed by atoms with Crippen LogP contribution < -0.4 is 15.8 Å². The quantitative estimate of drug-likeness (QED) is 0.330. The van der Waals surface area contributed by atoms with Crippen molar-refractivity contribution in [1.29, 1.82) is 0 Å². The van der Waals surface area contributed by atoms with Crippen LogP contribution in [0.5, 0.6) is 5.75 Å². The van der Waals surface area contributed by atoms with Gasteiger partial charge in [-0.2, -0.15) is 4.98 Å². The lowest BCUT2D eigenvalue weighted by atomic mass is 9.95. The minimum Gasteiger partial charge on any atom is -0.497 e. The van der Waals surface area contributed by atoms with E-state index in [9.17, 15) is 4.79 Å². The second-order valence-electron chi connectivity index (χ2n) is 8.15. The number of aliphatic imine (C=N–C) groups is 1. The minimum absolute atomic E-state index is 0.225. The molecule has 2 heterocycles.